The lowest BCUT2D eigenvalue weighted by Crippen LogP contribution is -2.18. The Labute approximate surface area is 138 Å². The van der Waals surface area contributed by atoms with Gasteiger partial charge in [0.1, 0.15) is 4.88 Å². The van der Waals surface area contributed by atoms with Crippen LogP contribution in [-0.2, 0) is 10.0 Å². The van der Waals surface area contributed by atoms with Crippen LogP contribution in [0.5, 0.6) is 0 Å². The maximum atomic E-state index is 12.2. The quantitative estimate of drug-likeness (QED) is 0.637. The number of hydrogen-bond acceptors (Lipinski definition) is 6. The number of carbonyl (C=O) groups is 1. The monoisotopic (exact) mass is 352 g/mol. The average molecular weight is 352 g/mol. The summed E-state index contributed by atoms with van der Waals surface area (Å²) in [7, 11) is -3.73. The van der Waals surface area contributed by atoms with Gasteiger partial charge in [0.05, 0.1) is 10.6 Å². The molecule has 0 aliphatic heterocycles. The number of hydrogen-bond donors (Lipinski definition) is 2. The van der Waals surface area contributed by atoms with E-state index >= 15 is 0 Å². The highest BCUT2D eigenvalue weighted by molar-refractivity contribution is 7.93. The molecule has 0 spiro atoms. The molecule has 0 saturated carbocycles. The molecule has 1 heterocycles. The molecule has 1 aromatic carbocycles. The highest BCUT2D eigenvalue weighted by atomic mass is 32.2. The lowest BCUT2D eigenvalue weighted by molar-refractivity contribution is 0.0958. The topological polar surface area (TPSA) is 101 Å². The van der Waals surface area contributed by atoms with Crippen LogP contribution in [0.25, 0.3) is 0 Å². The number of nitrogens with one attached hydrogen (secondary N) is 2. The van der Waals surface area contributed by atoms with Crippen LogP contribution in [0.2, 0.25) is 0 Å². The zero-order valence-electron chi connectivity index (χ0n) is 12.8. The number of rotatable bonds is 5. The van der Waals surface area contributed by atoms with Gasteiger partial charge < -0.3 is 0 Å². The van der Waals surface area contributed by atoms with E-state index in [-0.39, 0.29) is 10.0 Å². The minimum atomic E-state index is -3.73. The van der Waals surface area contributed by atoms with Crippen molar-refractivity contribution in [1.82, 2.24) is 10.4 Å². The summed E-state index contributed by atoms with van der Waals surface area (Å²) in [5.74, 6) is -0.425. The van der Waals surface area contributed by atoms with E-state index in [1.807, 2.05) is 0 Å². The van der Waals surface area contributed by atoms with Crippen molar-refractivity contribution in [2.24, 2.45) is 5.10 Å². The number of nitrogens with zero attached hydrogens (tertiary/aromatic N) is 2. The van der Waals surface area contributed by atoms with Crippen molar-refractivity contribution in [3.8, 4) is 0 Å². The van der Waals surface area contributed by atoms with Crippen molar-refractivity contribution < 1.29 is 13.2 Å². The number of sulfonamides is 1. The Kier molecular flexibility index (Phi) is 5.12. The van der Waals surface area contributed by atoms with Crippen LogP contribution < -0.4 is 10.1 Å². The van der Waals surface area contributed by atoms with E-state index in [0.717, 1.165) is 11.3 Å². The molecule has 23 heavy (non-hydrogen) atoms. The first-order valence-corrected chi connectivity index (χ1v) is 8.96. The molecular weight excluding hydrogens is 336 g/mol. The molecule has 7 nitrogen and oxygen atoms in total. The van der Waals surface area contributed by atoms with E-state index in [1.54, 1.807) is 39.0 Å². The number of thiazole rings is 1. The molecule has 0 fully saturated rings. The Morgan fingerprint density at radius 1 is 1.22 bits per heavy atom. The Morgan fingerprint density at radius 3 is 2.48 bits per heavy atom. The first-order valence-electron chi connectivity index (χ1n) is 6.66. The second-order valence-electron chi connectivity index (χ2n) is 4.85. The third-order valence-electron chi connectivity index (χ3n) is 2.66. The van der Waals surface area contributed by atoms with Crippen LogP contribution in [0.1, 0.15) is 29.2 Å². The van der Waals surface area contributed by atoms with E-state index in [2.05, 4.69) is 20.2 Å². The Morgan fingerprint density at radius 2 is 1.87 bits per heavy atom. The van der Waals surface area contributed by atoms with Crippen molar-refractivity contribution >= 4 is 38.1 Å². The van der Waals surface area contributed by atoms with Gasteiger partial charge in [0.15, 0.2) is 5.13 Å². The molecule has 0 aliphatic carbocycles. The van der Waals surface area contributed by atoms with Gasteiger partial charge in [-0.05, 0) is 32.9 Å². The molecule has 1 aromatic heterocycles. The van der Waals surface area contributed by atoms with Gasteiger partial charge in [0, 0.05) is 5.71 Å². The van der Waals surface area contributed by atoms with Gasteiger partial charge in [-0.3, -0.25) is 9.52 Å². The van der Waals surface area contributed by atoms with Crippen LogP contribution in [0.4, 0.5) is 5.13 Å². The number of aryl methyl sites for hydroxylation is 1. The summed E-state index contributed by atoms with van der Waals surface area (Å²) >= 11 is 0.958. The number of carbonyl (C=O) groups excluding carboxylic acids is 1. The second-order valence-corrected chi connectivity index (χ2v) is 7.53. The summed E-state index contributed by atoms with van der Waals surface area (Å²) in [5.41, 5.74) is 3.52. The molecule has 0 saturated heterocycles. The smallest absolute Gasteiger partial charge is 0.266 e. The largest absolute Gasteiger partial charge is 0.283 e. The van der Waals surface area contributed by atoms with E-state index in [9.17, 15) is 13.2 Å². The average Bonchev–Trinajstić information content (AvgIpc) is 2.85. The number of aromatic nitrogens is 1. The molecule has 2 N–H and O–H groups in total. The standard InChI is InChI=1S/C14H16N4O3S2/c1-9(2)16-17-13(19)12-10(3)15-14(22-12)18-23(20,21)11-7-5-4-6-8-11/h4-8H,1-3H3,(H,15,18)(H,17,19). The van der Waals surface area contributed by atoms with Gasteiger partial charge in [-0.2, -0.15) is 5.10 Å². The Balaban J connectivity index is 2.22. The minimum Gasteiger partial charge on any atom is -0.266 e. The Hall–Kier alpha value is -2.26. The van der Waals surface area contributed by atoms with Crippen LogP contribution in [-0.4, -0.2) is 25.0 Å². The van der Waals surface area contributed by atoms with Crippen molar-refractivity contribution in [2.75, 3.05) is 4.72 Å². The maximum absolute atomic E-state index is 12.2. The van der Waals surface area contributed by atoms with Crippen LogP contribution in [0.15, 0.2) is 40.3 Å². The number of benzene rings is 1. The molecule has 0 unspecified atom stereocenters. The van der Waals surface area contributed by atoms with Gasteiger partial charge in [-0.1, -0.05) is 29.5 Å². The lowest BCUT2D eigenvalue weighted by atomic mass is 10.4. The summed E-state index contributed by atoms with van der Waals surface area (Å²) in [5, 5.41) is 3.96. The summed E-state index contributed by atoms with van der Waals surface area (Å²) in [6, 6.07) is 7.95. The van der Waals surface area contributed by atoms with Crippen LogP contribution >= 0.6 is 11.3 Å². The molecule has 122 valence electrons. The fraction of sp³-hybridized carbons (Fsp3) is 0.214. The fourth-order valence-corrected chi connectivity index (χ4v) is 3.75. The van der Waals surface area contributed by atoms with Gasteiger partial charge in [0.2, 0.25) is 0 Å². The lowest BCUT2D eigenvalue weighted by Gasteiger charge is -2.04. The zero-order valence-corrected chi connectivity index (χ0v) is 14.5. The molecule has 0 bridgehead atoms. The second kappa shape index (κ2) is 6.88. The molecule has 1 amide bonds. The van der Waals surface area contributed by atoms with Crippen LogP contribution in [0, 0.1) is 6.92 Å². The fourth-order valence-electron chi connectivity index (χ4n) is 1.64. The molecule has 2 rings (SSSR count). The summed E-state index contributed by atoms with van der Waals surface area (Å²) in [6.45, 7) is 5.13. The first kappa shape index (κ1) is 17.1. The number of amides is 1. The van der Waals surface area contributed by atoms with Crippen molar-refractivity contribution in [3.63, 3.8) is 0 Å². The molecule has 0 atom stereocenters. The molecule has 0 radical (unpaired) electrons. The highest BCUT2D eigenvalue weighted by Crippen LogP contribution is 2.25. The summed E-state index contributed by atoms with van der Waals surface area (Å²) in [6.07, 6.45) is 0. The minimum absolute atomic E-state index is 0.130. The van der Waals surface area contributed by atoms with E-state index in [4.69, 9.17) is 0 Å². The number of anilines is 1. The first-order chi connectivity index (χ1) is 10.8. The molecule has 2 aromatic rings. The predicted molar refractivity (Wildman–Crippen MR) is 90.4 cm³/mol. The zero-order chi connectivity index (χ0) is 17.0. The van der Waals surface area contributed by atoms with Crippen molar-refractivity contribution in [2.45, 2.75) is 25.7 Å². The number of hydrazone groups is 1. The maximum Gasteiger partial charge on any atom is 0.283 e. The van der Waals surface area contributed by atoms with Gasteiger partial charge in [-0.25, -0.2) is 18.8 Å². The third-order valence-corrected chi connectivity index (χ3v) is 5.21. The third kappa shape index (κ3) is 4.36. The SMILES string of the molecule is CC(C)=NNC(=O)c1sc(NS(=O)(=O)c2ccccc2)nc1C. The van der Waals surface area contributed by atoms with E-state index in [0.29, 0.717) is 16.3 Å². The predicted octanol–water partition coefficient (Wildman–Crippen LogP) is 2.38. The van der Waals surface area contributed by atoms with Gasteiger partial charge >= 0.3 is 0 Å². The van der Waals surface area contributed by atoms with Gasteiger partial charge in [-0.15, -0.1) is 0 Å². The normalized spacial score (nSPS) is 10.9. The highest BCUT2D eigenvalue weighted by Gasteiger charge is 2.19. The van der Waals surface area contributed by atoms with E-state index in [1.165, 1.54) is 12.1 Å². The van der Waals surface area contributed by atoms with Crippen molar-refractivity contribution in [3.05, 3.63) is 40.9 Å². The Bertz CT molecular complexity index is 838. The molecule has 0 aliphatic rings. The van der Waals surface area contributed by atoms with E-state index < -0.39 is 15.9 Å². The molecular formula is C14H16N4O3S2. The summed E-state index contributed by atoms with van der Waals surface area (Å²) < 4.78 is 26.9. The van der Waals surface area contributed by atoms with Crippen molar-refractivity contribution in [1.29, 1.82) is 0 Å². The van der Waals surface area contributed by atoms with Gasteiger partial charge in [0.25, 0.3) is 15.9 Å². The summed E-state index contributed by atoms with van der Waals surface area (Å²) in [4.78, 5) is 16.5. The van der Waals surface area contributed by atoms with Crippen LogP contribution in [0.3, 0.4) is 0 Å². The molecule has 9 heteroatoms.